The van der Waals surface area contributed by atoms with Gasteiger partial charge in [0.2, 0.25) is 5.41 Å². The number of imide groups is 2. The van der Waals surface area contributed by atoms with Gasteiger partial charge in [-0.15, -0.1) is 0 Å². The van der Waals surface area contributed by atoms with Crippen LogP contribution in [-0.2, 0) is 24.9 Å². The molecule has 0 saturated heterocycles. The van der Waals surface area contributed by atoms with Crippen LogP contribution in [0.15, 0.2) is 72.8 Å². The second-order valence-electron chi connectivity index (χ2n) is 13.7. The summed E-state index contributed by atoms with van der Waals surface area (Å²) in [4.78, 5) is 54.0. The van der Waals surface area contributed by atoms with E-state index in [0.717, 1.165) is 17.0 Å². The molecule has 2 aliphatic heterocycles. The molecule has 0 atom stereocenters. The van der Waals surface area contributed by atoms with Crippen LogP contribution in [0.4, 0.5) is 32.0 Å². The first kappa shape index (κ1) is 52.9. The minimum atomic E-state index is -6.14. The number of alkyl halides is 6. The number of fused-ring (bicyclic) bond motifs is 2. The van der Waals surface area contributed by atoms with Gasteiger partial charge in [-0.05, 0) is 91.1 Å². The van der Waals surface area contributed by atoms with Gasteiger partial charge in [-0.1, -0.05) is 18.2 Å². The predicted molar refractivity (Wildman–Crippen MR) is 200 cm³/mol. The summed E-state index contributed by atoms with van der Waals surface area (Å²) >= 11 is 0.506. The molecular formula is C39H30F6N2Na2O13S2. The van der Waals surface area contributed by atoms with Crippen LogP contribution in [0.25, 0.3) is 0 Å². The molecule has 4 aromatic carbocycles. The van der Waals surface area contributed by atoms with Crippen molar-refractivity contribution in [3.05, 3.63) is 112 Å². The summed E-state index contributed by atoms with van der Waals surface area (Å²) < 4.78 is 146. The number of aryl methyl sites for hydroxylation is 1. The first-order valence-electron chi connectivity index (χ1n) is 17.9. The average Bonchev–Trinajstić information content (AvgIpc) is 3.56. The minimum Gasteiger partial charge on any atom is -0.748 e. The Morgan fingerprint density at radius 1 is 0.672 bits per heavy atom. The molecule has 64 heavy (non-hydrogen) atoms. The van der Waals surface area contributed by atoms with E-state index in [4.69, 9.17) is 14.2 Å². The Morgan fingerprint density at radius 2 is 1.17 bits per heavy atom. The van der Waals surface area contributed by atoms with E-state index in [9.17, 15) is 37.4 Å². The number of amides is 4. The van der Waals surface area contributed by atoms with Crippen LogP contribution in [0, 0.1) is 6.92 Å². The molecular weight excluding hydrogens is 929 g/mol. The zero-order valence-electron chi connectivity index (χ0n) is 34.0. The average molecular weight is 959 g/mol. The van der Waals surface area contributed by atoms with E-state index in [1.807, 2.05) is 0 Å². The Bertz CT molecular complexity index is 2550. The molecule has 0 unspecified atom stereocenters. The van der Waals surface area contributed by atoms with Crippen LogP contribution in [0.2, 0.25) is 0 Å². The van der Waals surface area contributed by atoms with E-state index in [1.54, 1.807) is 0 Å². The molecule has 0 aromatic heterocycles. The van der Waals surface area contributed by atoms with Crippen molar-refractivity contribution in [1.82, 2.24) is 4.90 Å². The van der Waals surface area contributed by atoms with Gasteiger partial charge in [0.15, 0.2) is 0 Å². The van der Waals surface area contributed by atoms with Crippen LogP contribution < -0.4 is 83.5 Å². The molecule has 0 bridgehead atoms. The molecule has 25 heteroatoms. The molecule has 4 amide bonds. The van der Waals surface area contributed by atoms with Crippen molar-refractivity contribution >= 4 is 51.5 Å². The van der Waals surface area contributed by atoms with Crippen molar-refractivity contribution in [3.63, 3.8) is 0 Å². The summed E-state index contributed by atoms with van der Waals surface area (Å²) in [5.41, 5.74) is -8.42. The van der Waals surface area contributed by atoms with Gasteiger partial charge < -0.3 is 24.0 Å². The molecule has 6 rings (SSSR count). The van der Waals surface area contributed by atoms with Gasteiger partial charge in [-0.25, -0.2) is 13.3 Å². The number of carbonyl (C=O) groups is 4. The maximum Gasteiger partial charge on any atom is 1.00 e. The summed E-state index contributed by atoms with van der Waals surface area (Å²) in [6, 6.07) is 11.2. The number of rotatable bonds is 17. The van der Waals surface area contributed by atoms with E-state index < -0.39 is 105 Å². The molecule has 330 valence electrons. The quantitative estimate of drug-likeness (QED) is 0.0203. The third-order valence-electron chi connectivity index (χ3n) is 9.76. The zero-order chi connectivity index (χ0) is 45.4. The molecule has 15 nitrogen and oxygen atoms in total. The molecule has 4 aromatic rings. The second-order valence-corrected chi connectivity index (χ2v) is 16.0. The summed E-state index contributed by atoms with van der Waals surface area (Å²) in [7, 11) is -3.40. The summed E-state index contributed by atoms with van der Waals surface area (Å²) in [6.07, 6.45) is -12.7. The van der Waals surface area contributed by atoms with Crippen LogP contribution >= 0.6 is 12.0 Å². The topological polar surface area (TPSA) is 201 Å². The second kappa shape index (κ2) is 20.8. The first-order valence-corrected chi connectivity index (χ1v) is 20.4. The predicted octanol–water partition coefficient (Wildman–Crippen LogP) is 0.187. The SMILES string of the molecule is Cc1ccc(C(c2ccc(N3C(=O)c4ccc(Oc5ccc6c(c5)C(=O)N(C)C6=O)cc4C3=O)c(OCCCSOO[O-])c2)(C(F)(F)F)C(F)(F)F)cc1OCCCS(=O)(=O)[O-].[Na+].[Na+]. The van der Waals surface area contributed by atoms with Crippen molar-refractivity contribution in [2.75, 3.05) is 36.7 Å². The third kappa shape index (κ3) is 10.6. The van der Waals surface area contributed by atoms with Gasteiger partial charge in [-0.2, -0.15) is 30.7 Å². The fourth-order valence-electron chi connectivity index (χ4n) is 6.83. The van der Waals surface area contributed by atoms with Crippen LogP contribution in [0.3, 0.4) is 0 Å². The molecule has 0 spiro atoms. The van der Waals surface area contributed by atoms with E-state index in [0.29, 0.717) is 47.3 Å². The van der Waals surface area contributed by atoms with E-state index in [1.165, 1.54) is 44.3 Å². The van der Waals surface area contributed by atoms with Gasteiger partial charge >= 0.3 is 71.5 Å². The van der Waals surface area contributed by atoms with Gasteiger partial charge in [-0.3, -0.25) is 29.1 Å². The largest absolute Gasteiger partial charge is 1.00 e. The standard InChI is InChI=1S/C39H32F6N2O13S2.2Na/c1-21-5-6-22(17-31(21)56-14-4-16-62(53,54)55)37(38(40,41)42,39(43,44)45)23-7-12-30(32(18-23)57-13-3-15-61-60-59-52)47-35(50)27-11-9-25(20-29(27)36(47)51)58-24-8-10-26-28(19-24)34(49)46(2)33(26)48;;/h5-12,17-20,52H,3-4,13-16H2,1-2H3,(H,53,54,55);;/q;2*+1/p-2. The Hall–Kier alpha value is -3.72. The van der Waals surface area contributed by atoms with Gasteiger partial charge in [0.1, 0.15) is 23.0 Å². The van der Waals surface area contributed by atoms with Crippen molar-refractivity contribution in [2.45, 2.75) is 37.5 Å². The number of halogens is 6. The van der Waals surface area contributed by atoms with Crippen molar-refractivity contribution in [1.29, 1.82) is 0 Å². The Morgan fingerprint density at radius 3 is 1.75 bits per heavy atom. The summed E-state index contributed by atoms with van der Waals surface area (Å²) in [5, 5.41) is 13.4. The summed E-state index contributed by atoms with van der Waals surface area (Å²) in [5.74, 6) is -5.33. The number of hydrogen-bond donors (Lipinski definition) is 0. The van der Waals surface area contributed by atoms with Crippen LogP contribution in [0.5, 0.6) is 23.0 Å². The van der Waals surface area contributed by atoms with Gasteiger partial charge in [0, 0.05) is 30.6 Å². The monoisotopic (exact) mass is 958 g/mol. The number of benzene rings is 4. The molecule has 2 heterocycles. The van der Waals surface area contributed by atoms with E-state index in [-0.39, 0.29) is 111 Å². The maximum atomic E-state index is 15.4. The van der Waals surface area contributed by atoms with Crippen LogP contribution in [0.1, 0.15) is 71.0 Å². The number of anilines is 1. The fraction of sp³-hybridized carbons (Fsp3) is 0.282. The third-order valence-corrected chi connectivity index (χ3v) is 11.2. The normalized spacial score (nSPS) is 14.0. The Kier molecular flexibility index (Phi) is 17.2. The zero-order valence-corrected chi connectivity index (χ0v) is 39.6. The van der Waals surface area contributed by atoms with E-state index >= 15 is 26.3 Å². The number of ether oxygens (including phenoxy) is 3. The molecule has 0 aliphatic carbocycles. The minimum absolute atomic E-state index is 0. The smallest absolute Gasteiger partial charge is 0.748 e. The van der Waals surface area contributed by atoms with Gasteiger partial charge in [0.25, 0.3) is 23.6 Å². The van der Waals surface area contributed by atoms with Crippen molar-refractivity contribution < 1.29 is 146 Å². The number of nitrogens with zero attached hydrogens (tertiary/aromatic N) is 2. The first-order chi connectivity index (χ1) is 29.1. The summed E-state index contributed by atoms with van der Waals surface area (Å²) in [6.45, 7) is 0.314. The molecule has 0 fully saturated rings. The Labute approximate surface area is 408 Å². The van der Waals surface area contributed by atoms with E-state index in [2.05, 4.69) is 9.37 Å². The maximum absolute atomic E-state index is 15.4. The van der Waals surface area contributed by atoms with Gasteiger partial charge in [0.05, 0.1) is 51.3 Å². The molecule has 0 saturated carbocycles. The van der Waals surface area contributed by atoms with Crippen molar-refractivity contribution in [2.24, 2.45) is 0 Å². The Balaban J connectivity index is 0.00000449. The van der Waals surface area contributed by atoms with Crippen molar-refractivity contribution in [3.8, 4) is 23.0 Å². The number of carbonyl (C=O) groups excluding carboxylic acids is 4. The molecule has 0 N–H and O–H groups in total. The number of hydrogen-bond acceptors (Lipinski definition) is 14. The van der Waals surface area contributed by atoms with Crippen LogP contribution in [-0.4, -0.2) is 85.6 Å². The fourth-order valence-corrected chi connectivity index (χ4v) is 7.65. The molecule has 2 aliphatic rings. The molecule has 0 radical (unpaired) electrons.